The molecule has 0 N–H and O–H groups in total. The molecule has 4 heteroatoms. The summed E-state index contributed by atoms with van der Waals surface area (Å²) in [5, 5.41) is 0. The smallest absolute Gasteiger partial charge is 0.145 e. The van der Waals surface area contributed by atoms with Crippen LogP contribution < -0.4 is 0 Å². The van der Waals surface area contributed by atoms with Crippen molar-refractivity contribution < 1.29 is 0 Å². The Morgan fingerprint density at radius 3 is 2.81 bits per heavy atom. The highest BCUT2D eigenvalue weighted by molar-refractivity contribution is 5.30. The van der Waals surface area contributed by atoms with Crippen LogP contribution in [0.2, 0.25) is 0 Å². The number of rotatable bonds is 3. The second-order valence-corrected chi connectivity index (χ2v) is 8.07. The summed E-state index contributed by atoms with van der Waals surface area (Å²) in [6.45, 7) is 8.58. The standard InChI is InChI=1S/C22H30N4/c1-16-7-8-18(12-17(16)2)14-26-11-9-20-19(15-26)13-23-22(24-20)21-6-4-5-10-25(21)3/h7-8,12-13,21H,4-6,9-11,14-15H2,1-3H3. The molecule has 0 radical (unpaired) electrons. The first-order valence-corrected chi connectivity index (χ1v) is 9.93. The summed E-state index contributed by atoms with van der Waals surface area (Å²) in [4.78, 5) is 14.7. The Labute approximate surface area is 157 Å². The first-order chi connectivity index (χ1) is 12.6. The number of hydrogen-bond acceptors (Lipinski definition) is 4. The van der Waals surface area contributed by atoms with Gasteiger partial charge in [0.05, 0.1) is 6.04 Å². The summed E-state index contributed by atoms with van der Waals surface area (Å²) in [7, 11) is 2.21. The Hall–Kier alpha value is -1.78. The van der Waals surface area contributed by atoms with Gasteiger partial charge in [0.2, 0.25) is 0 Å². The fraction of sp³-hybridized carbons (Fsp3) is 0.545. The topological polar surface area (TPSA) is 32.3 Å². The molecule has 4 rings (SSSR count). The molecule has 2 aromatic rings. The lowest BCUT2D eigenvalue weighted by atomic mass is 10.0. The molecule has 1 saturated heterocycles. The third-order valence-electron chi connectivity index (χ3n) is 6.08. The van der Waals surface area contributed by atoms with Gasteiger partial charge in [-0.15, -0.1) is 0 Å². The van der Waals surface area contributed by atoms with Crippen molar-refractivity contribution in [1.29, 1.82) is 0 Å². The summed E-state index contributed by atoms with van der Waals surface area (Å²) >= 11 is 0. The summed E-state index contributed by atoms with van der Waals surface area (Å²) in [6.07, 6.45) is 6.90. The minimum Gasteiger partial charge on any atom is -0.296 e. The van der Waals surface area contributed by atoms with Crippen molar-refractivity contribution in [2.24, 2.45) is 0 Å². The normalized spacial score (nSPS) is 21.6. The average Bonchev–Trinajstić information content (AvgIpc) is 2.65. The van der Waals surface area contributed by atoms with Gasteiger partial charge in [-0.3, -0.25) is 9.80 Å². The van der Waals surface area contributed by atoms with Crippen molar-refractivity contribution in [2.75, 3.05) is 20.1 Å². The van der Waals surface area contributed by atoms with Crippen LogP contribution in [0.3, 0.4) is 0 Å². The first kappa shape index (κ1) is 17.6. The third-order valence-corrected chi connectivity index (χ3v) is 6.08. The van der Waals surface area contributed by atoms with E-state index in [-0.39, 0.29) is 0 Å². The zero-order valence-corrected chi connectivity index (χ0v) is 16.3. The Bertz CT molecular complexity index is 786. The van der Waals surface area contributed by atoms with Crippen LogP contribution in [0.5, 0.6) is 0 Å². The van der Waals surface area contributed by atoms with Gasteiger partial charge < -0.3 is 0 Å². The number of aromatic nitrogens is 2. The number of fused-ring (bicyclic) bond motifs is 1. The van der Waals surface area contributed by atoms with Gasteiger partial charge in [0.25, 0.3) is 0 Å². The van der Waals surface area contributed by atoms with Crippen molar-refractivity contribution >= 4 is 0 Å². The Morgan fingerprint density at radius 2 is 2.00 bits per heavy atom. The maximum absolute atomic E-state index is 4.98. The molecular weight excluding hydrogens is 320 g/mol. The van der Waals surface area contributed by atoms with E-state index in [2.05, 4.69) is 55.1 Å². The van der Waals surface area contributed by atoms with Crippen LogP contribution >= 0.6 is 0 Å². The van der Waals surface area contributed by atoms with Gasteiger partial charge in [-0.2, -0.15) is 0 Å². The lowest BCUT2D eigenvalue weighted by Crippen LogP contribution is -2.33. The molecule has 0 spiro atoms. The van der Waals surface area contributed by atoms with Gasteiger partial charge in [-0.05, 0) is 57.0 Å². The maximum atomic E-state index is 4.98. The highest BCUT2D eigenvalue weighted by Crippen LogP contribution is 2.28. The summed E-state index contributed by atoms with van der Waals surface area (Å²) in [6, 6.07) is 7.22. The molecule has 1 aromatic carbocycles. The van der Waals surface area contributed by atoms with E-state index in [1.54, 1.807) is 0 Å². The molecular formula is C22H30N4. The Morgan fingerprint density at radius 1 is 1.12 bits per heavy atom. The van der Waals surface area contributed by atoms with Crippen LogP contribution in [0.15, 0.2) is 24.4 Å². The predicted octanol–water partition coefficient (Wildman–Crippen LogP) is 3.81. The molecule has 2 aliphatic heterocycles. The van der Waals surface area contributed by atoms with E-state index in [1.807, 2.05) is 0 Å². The van der Waals surface area contributed by atoms with Gasteiger partial charge >= 0.3 is 0 Å². The van der Waals surface area contributed by atoms with Crippen molar-refractivity contribution in [2.45, 2.75) is 58.7 Å². The van der Waals surface area contributed by atoms with E-state index >= 15 is 0 Å². The molecule has 0 saturated carbocycles. The van der Waals surface area contributed by atoms with Crippen LogP contribution in [0.1, 0.15) is 59.1 Å². The fourth-order valence-corrected chi connectivity index (χ4v) is 4.25. The van der Waals surface area contributed by atoms with E-state index in [0.717, 1.165) is 38.4 Å². The first-order valence-electron chi connectivity index (χ1n) is 9.93. The minimum atomic E-state index is 0.405. The van der Waals surface area contributed by atoms with Crippen LogP contribution in [-0.2, 0) is 19.5 Å². The lowest BCUT2D eigenvalue weighted by molar-refractivity contribution is 0.178. The predicted molar refractivity (Wildman–Crippen MR) is 105 cm³/mol. The summed E-state index contributed by atoms with van der Waals surface area (Å²) in [5.41, 5.74) is 6.72. The van der Waals surface area contributed by atoms with E-state index in [4.69, 9.17) is 9.97 Å². The highest BCUT2D eigenvalue weighted by Gasteiger charge is 2.25. The molecule has 1 fully saturated rings. The Balaban J connectivity index is 1.46. The fourth-order valence-electron chi connectivity index (χ4n) is 4.25. The molecule has 1 unspecified atom stereocenters. The third kappa shape index (κ3) is 3.67. The quantitative estimate of drug-likeness (QED) is 0.843. The highest BCUT2D eigenvalue weighted by atomic mass is 15.2. The van der Waals surface area contributed by atoms with Crippen LogP contribution in [0.25, 0.3) is 0 Å². The van der Waals surface area contributed by atoms with Crippen LogP contribution in [0.4, 0.5) is 0 Å². The number of aryl methyl sites for hydroxylation is 2. The molecule has 138 valence electrons. The molecule has 0 aliphatic carbocycles. The second-order valence-electron chi connectivity index (χ2n) is 8.07. The van der Waals surface area contributed by atoms with Gasteiger partial charge in [-0.1, -0.05) is 24.6 Å². The monoisotopic (exact) mass is 350 g/mol. The van der Waals surface area contributed by atoms with Crippen molar-refractivity contribution in [3.05, 3.63) is 58.2 Å². The van der Waals surface area contributed by atoms with E-state index in [1.165, 1.54) is 47.2 Å². The van der Waals surface area contributed by atoms with Gasteiger partial charge in [-0.25, -0.2) is 9.97 Å². The van der Waals surface area contributed by atoms with E-state index in [0.29, 0.717) is 6.04 Å². The number of hydrogen-bond donors (Lipinski definition) is 0. The average molecular weight is 351 g/mol. The molecule has 1 atom stereocenters. The molecule has 0 bridgehead atoms. The van der Waals surface area contributed by atoms with Crippen molar-refractivity contribution in [3.63, 3.8) is 0 Å². The van der Waals surface area contributed by atoms with Crippen LogP contribution in [0, 0.1) is 13.8 Å². The number of nitrogens with zero attached hydrogens (tertiary/aromatic N) is 4. The van der Waals surface area contributed by atoms with Crippen molar-refractivity contribution in [3.8, 4) is 0 Å². The van der Waals surface area contributed by atoms with Crippen LogP contribution in [-0.4, -0.2) is 39.9 Å². The van der Waals surface area contributed by atoms with E-state index in [9.17, 15) is 0 Å². The van der Waals surface area contributed by atoms with Crippen molar-refractivity contribution in [1.82, 2.24) is 19.8 Å². The van der Waals surface area contributed by atoms with E-state index < -0.39 is 0 Å². The van der Waals surface area contributed by atoms with Gasteiger partial charge in [0.1, 0.15) is 5.82 Å². The molecule has 1 aromatic heterocycles. The molecule has 2 aliphatic rings. The minimum absolute atomic E-state index is 0.405. The summed E-state index contributed by atoms with van der Waals surface area (Å²) < 4.78 is 0. The number of likely N-dealkylation sites (tertiary alicyclic amines) is 1. The van der Waals surface area contributed by atoms with Gasteiger partial charge in [0, 0.05) is 43.5 Å². The maximum Gasteiger partial charge on any atom is 0.145 e. The molecule has 3 heterocycles. The number of piperidine rings is 1. The lowest BCUT2D eigenvalue weighted by Gasteiger charge is -2.33. The number of benzene rings is 1. The molecule has 26 heavy (non-hydrogen) atoms. The summed E-state index contributed by atoms with van der Waals surface area (Å²) in [5.74, 6) is 1.04. The van der Waals surface area contributed by atoms with Gasteiger partial charge in [0.15, 0.2) is 0 Å². The zero-order valence-electron chi connectivity index (χ0n) is 16.3. The second kappa shape index (κ2) is 7.45. The largest absolute Gasteiger partial charge is 0.296 e. The molecule has 0 amide bonds. The molecule has 4 nitrogen and oxygen atoms in total. The zero-order chi connectivity index (χ0) is 18.1. The Kier molecular flexibility index (Phi) is 5.05. The SMILES string of the molecule is Cc1ccc(CN2CCc3nc(C4CCCCN4C)ncc3C2)cc1C.